The number of hydrogen-bond acceptors (Lipinski definition) is 3. The Morgan fingerprint density at radius 1 is 1.19 bits per heavy atom. The second-order valence-electron chi connectivity index (χ2n) is 5.86. The monoisotopic (exact) mass is 442 g/mol. The number of benzene rings is 2. The number of halogens is 4. The summed E-state index contributed by atoms with van der Waals surface area (Å²) in [4.78, 5) is 26.2. The maximum atomic E-state index is 12.6. The highest BCUT2D eigenvalue weighted by Crippen LogP contribution is 2.29. The molecule has 3 rings (SSSR count). The van der Waals surface area contributed by atoms with Gasteiger partial charge >= 0.3 is 6.36 Å². The van der Waals surface area contributed by atoms with Crippen LogP contribution >= 0.6 is 15.9 Å². The van der Waals surface area contributed by atoms with Crippen molar-refractivity contribution in [3.8, 4) is 5.75 Å². The minimum atomic E-state index is -4.81. The number of alkyl halides is 3. The fourth-order valence-electron chi connectivity index (χ4n) is 2.79. The van der Waals surface area contributed by atoms with E-state index in [1.54, 1.807) is 24.3 Å². The molecular weight excluding hydrogens is 429 g/mol. The van der Waals surface area contributed by atoms with Crippen LogP contribution in [0, 0.1) is 0 Å². The Balaban J connectivity index is 1.70. The van der Waals surface area contributed by atoms with E-state index >= 15 is 0 Å². The topological polar surface area (TPSA) is 58.6 Å². The SMILES string of the molecule is O=C(NC1CCN(c2cccc(OC(F)(F)F)c2)C1=O)c1cccc(Br)c1. The molecule has 0 aromatic heterocycles. The highest BCUT2D eigenvalue weighted by molar-refractivity contribution is 9.10. The maximum absolute atomic E-state index is 12.6. The van der Waals surface area contributed by atoms with Crippen molar-refractivity contribution in [2.24, 2.45) is 0 Å². The average molecular weight is 443 g/mol. The number of carbonyl (C=O) groups is 2. The highest BCUT2D eigenvalue weighted by atomic mass is 79.9. The molecule has 0 aliphatic carbocycles. The van der Waals surface area contributed by atoms with E-state index < -0.39 is 24.1 Å². The summed E-state index contributed by atoms with van der Waals surface area (Å²) >= 11 is 3.28. The lowest BCUT2D eigenvalue weighted by atomic mass is 10.2. The Kier molecular flexibility index (Phi) is 5.41. The van der Waals surface area contributed by atoms with Crippen LogP contribution in [-0.2, 0) is 4.79 Å². The van der Waals surface area contributed by atoms with Gasteiger partial charge in [0.2, 0.25) is 5.91 Å². The molecule has 1 atom stereocenters. The number of carbonyl (C=O) groups excluding carboxylic acids is 2. The standard InChI is InChI=1S/C18H14BrF3N2O3/c19-12-4-1-3-11(9-12)16(25)23-15-7-8-24(17(15)26)13-5-2-6-14(10-13)27-18(20,21)22/h1-6,9-10,15H,7-8H2,(H,23,25). The summed E-state index contributed by atoms with van der Waals surface area (Å²) in [5, 5.41) is 2.66. The second-order valence-corrected chi connectivity index (χ2v) is 6.78. The third kappa shape index (κ3) is 4.79. The lowest BCUT2D eigenvalue weighted by molar-refractivity contribution is -0.274. The molecule has 5 nitrogen and oxygen atoms in total. The molecule has 1 fully saturated rings. The zero-order valence-electron chi connectivity index (χ0n) is 13.8. The molecule has 1 heterocycles. The van der Waals surface area contributed by atoms with E-state index in [1.165, 1.54) is 17.0 Å². The van der Waals surface area contributed by atoms with Gasteiger partial charge in [0.05, 0.1) is 0 Å². The van der Waals surface area contributed by atoms with Crippen molar-refractivity contribution >= 4 is 33.4 Å². The second kappa shape index (κ2) is 7.59. The van der Waals surface area contributed by atoms with Gasteiger partial charge in [0.25, 0.3) is 5.91 Å². The van der Waals surface area contributed by atoms with Gasteiger partial charge in [-0.15, -0.1) is 13.2 Å². The van der Waals surface area contributed by atoms with Crippen molar-refractivity contribution in [2.45, 2.75) is 18.8 Å². The minimum Gasteiger partial charge on any atom is -0.406 e. The van der Waals surface area contributed by atoms with Crippen LogP contribution in [-0.4, -0.2) is 30.8 Å². The van der Waals surface area contributed by atoms with E-state index in [1.807, 2.05) is 0 Å². The molecule has 0 radical (unpaired) electrons. The van der Waals surface area contributed by atoms with Crippen LogP contribution in [0.5, 0.6) is 5.75 Å². The number of anilines is 1. The number of amides is 2. The lowest BCUT2D eigenvalue weighted by Crippen LogP contribution is -2.41. The molecule has 2 aromatic carbocycles. The maximum Gasteiger partial charge on any atom is 0.573 e. The van der Waals surface area contributed by atoms with Gasteiger partial charge in [-0.05, 0) is 36.8 Å². The van der Waals surface area contributed by atoms with Crippen LogP contribution in [0.1, 0.15) is 16.8 Å². The number of ether oxygens (including phenoxy) is 1. The van der Waals surface area contributed by atoms with E-state index in [0.29, 0.717) is 12.0 Å². The van der Waals surface area contributed by atoms with Crippen molar-refractivity contribution in [3.05, 3.63) is 58.6 Å². The summed E-state index contributed by atoms with van der Waals surface area (Å²) in [6.07, 6.45) is -4.46. The van der Waals surface area contributed by atoms with E-state index in [-0.39, 0.29) is 18.1 Å². The Hall–Kier alpha value is -2.55. The molecule has 1 unspecified atom stereocenters. The molecule has 2 aromatic rings. The summed E-state index contributed by atoms with van der Waals surface area (Å²) in [6, 6.07) is 11.2. The highest BCUT2D eigenvalue weighted by Gasteiger charge is 2.35. The van der Waals surface area contributed by atoms with Crippen molar-refractivity contribution in [1.29, 1.82) is 0 Å². The zero-order chi connectivity index (χ0) is 19.6. The summed E-state index contributed by atoms with van der Waals surface area (Å²) in [5.41, 5.74) is 0.678. The third-order valence-electron chi connectivity index (χ3n) is 3.96. The molecule has 9 heteroatoms. The van der Waals surface area contributed by atoms with Gasteiger partial charge in [0.1, 0.15) is 11.8 Å². The first kappa shape index (κ1) is 19.2. The molecule has 1 saturated heterocycles. The van der Waals surface area contributed by atoms with E-state index in [4.69, 9.17) is 0 Å². The van der Waals surface area contributed by atoms with Crippen LogP contribution in [0.25, 0.3) is 0 Å². The van der Waals surface area contributed by atoms with Crippen LogP contribution in [0.3, 0.4) is 0 Å². The smallest absolute Gasteiger partial charge is 0.406 e. The van der Waals surface area contributed by atoms with Gasteiger partial charge in [-0.2, -0.15) is 0 Å². The first-order valence-electron chi connectivity index (χ1n) is 7.96. The van der Waals surface area contributed by atoms with Gasteiger partial charge in [-0.1, -0.05) is 28.1 Å². The number of rotatable bonds is 4. The number of nitrogens with zero attached hydrogens (tertiary/aromatic N) is 1. The number of hydrogen-bond donors (Lipinski definition) is 1. The van der Waals surface area contributed by atoms with Crippen LogP contribution in [0.4, 0.5) is 18.9 Å². The molecular formula is C18H14BrF3N2O3. The predicted octanol–water partition coefficient (Wildman–Crippen LogP) is 3.88. The molecule has 27 heavy (non-hydrogen) atoms. The molecule has 0 spiro atoms. The van der Waals surface area contributed by atoms with Crippen molar-refractivity contribution in [2.75, 3.05) is 11.4 Å². The largest absolute Gasteiger partial charge is 0.573 e. The molecule has 0 bridgehead atoms. The first-order chi connectivity index (χ1) is 12.7. The van der Waals surface area contributed by atoms with Gasteiger partial charge in [-0.3, -0.25) is 9.59 Å². The van der Waals surface area contributed by atoms with Crippen molar-refractivity contribution < 1.29 is 27.5 Å². The van der Waals surface area contributed by atoms with E-state index in [0.717, 1.165) is 16.6 Å². The van der Waals surface area contributed by atoms with Crippen LogP contribution in [0.15, 0.2) is 53.0 Å². The Labute approximate surface area is 161 Å². The molecule has 2 amide bonds. The fraction of sp³-hybridized carbons (Fsp3) is 0.222. The number of nitrogens with one attached hydrogen (secondary N) is 1. The van der Waals surface area contributed by atoms with Gasteiger partial charge in [-0.25, -0.2) is 0 Å². The molecule has 1 aliphatic heterocycles. The van der Waals surface area contributed by atoms with Gasteiger partial charge < -0.3 is 15.0 Å². The molecule has 142 valence electrons. The Morgan fingerprint density at radius 2 is 1.93 bits per heavy atom. The lowest BCUT2D eigenvalue weighted by Gasteiger charge is -2.18. The zero-order valence-corrected chi connectivity index (χ0v) is 15.4. The third-order valence-corrected chi connectivity index (χ3v) is 4.45. The fourth-order valence-corrected chi connectivity index (χ4v) is 3.19. The summed E-state index contributed by atoms with van der Waals surface area (Å²) in [7, 11) is 0. The molecule has 0 saturated carbocycles. The predicted molar refractivity (Wildman–Crippen MR) is 95.5 cm³/mol. The summed E-state index contributed by atoms with van der Waals surface area (Å²) in [6.45, 7) is 0.276. The Morgan fingerprint density at radius 3 is 2.63 bits per heavy atom. The van der Waals surface area contributed by atoms with Crippen LogP contribution in [0.2, 0.25) is 0 Å². The van der Waals surface area contributed by atoms with Crippen LogP contribution < -0.4 is 15.0 Å². The summed E-state index contributed by atoms with van der Waals surface area (Å²) < 4.78 is 41.7. The normalized spacial score (nSPS) is 17.1. The molecule has 1 N–H and O–H groups in total. The Bertz CT molecular complexity index is 873. The van der Waals surface area contributed by atoms with E-state index in [9.17, 15) is 22.8 Å². The van der Waals surface area contributed by atoms with Crippen molar-refractivity contribution in [1.82, 2.24) is 5.32 Å². The molecule has 1 aliphatic rings. The van der Waals surface area contributed by atoms with Gasteiger partial charge in [0.15, 0.2) is 0 Å². The summed E-state index contributed by atoms with van der Waals surface area (Å²) in [5.74, 6) is -1.19. The quantitative estimate of drug-likeness (QED) is 0.781. The minimum absolute atomic E-state index is 0.276. The van der Waals surface area contributed by atoms with Crippen molar-refractivity contribution in [3.63, 3.8) is 0 Å². The first-order valence-corrected chi connectivity index (χ1v) is 8.76. The average Bonchev–Trinajstić information content (AvgIpc) is 2.94. The van der Waals surface area contributed by atoms with Gasteiger partial charge in [0, 0.05) is 28.3 Å². The van der Waals surface area contributed by atoms with E-state index in [2.05, 4.69) is 26.0 Å².